The Bertz CT molecular complexity index is 876. The lowest BCUT2D eigenvalue weighted by molar-refractivity contribution is 0.885. The molecule has 28 heavy (non-hydrogen) atoms. The van der Waals surface area contributed by atoms with Crippen LogP contribution < -0.4 is 10.2 Å². The van der Waals surface area contributed by atoms with Crippen LogP contribution in [-0.2, 0) is 0 Å². The first-order valence-corrected chi connectivity index (χ1v) is 9.92. The highest BCUT2D eigenvalue weighted by molar-refractivity contribution is 7.15. The van der Waals surface area contributed by atoms with E-state index >= 15 is 0 Å². The van der Waals surface area contributed by atoms with Crippen LogP contribution in [0.5, 0.6) is 0 Å². The van der Waals surface area contributed by atoms with Crippen molar-refractivity contribution in [2.75, 3.05) is 23.3 Å². The molecule has 0 spiro atoms. The maximum absolute atomic E-state index is 4.70. The van der Waals surface area contributed by atoms with Crippen molar-refractivity contribution in [2.24, 2.45) is 0 Å². The third-order valence-electron chi connectivity index (χ3n) is 4.54. The van der Waals surface area contributed by atoms with Gasteiger partial charge in [0.05, 0.1) is 11.9 Å². The minimum atomic E-state index is 0. The lowest BCUT2D eigenvalue weighted by Crippen LogP contribution is -2.17. The molecule has 4 heterocycles. The molecule has 0 bridgehead atoms. The molecule has 150 valence electrons. The molecule has 3 aromatic rings. The highest BCUT2D eigenvalue weighted by atomic mass is 35.5. The van der Waals surface area contributed by atoms with Gasteiger partial charge in [-0.1, -0.05) is 19.9 Å². The Morgan fingerprint density at radius 2 is 1.75 bits per heavy atom. The molecular weight excluding hydrogens is 413 g/mol. The molecule has 0 radical (unpaired) electrons. The number of hydrogen-bond acceptors (Lipinski definition) is 6. The van der Waals surface area contributed by atoms with Crippen LogP contribution in [0.3, 0.4) is 0 Å². The third kappa shape index (κ3) is 5.13. The SMILES string of the molecule is CC(C)c1cnc(-c2cccc(Nc3ccc(N4CCCC4)cn3)n2)s1.Cl.Cl. The number of rotatable bonds is 5. The normalized spacial score (nSPS) is 13.2. The predicted molar refractivity (Wildman–Crippen MR) is 123 cm³/mol. The second-order valence-electron chi connectivity index (χ2n) is 6.85. The van der Waals surface area contributed by atoms with Crippen molar-refractivity contribution in [3.05, 3.63) is 47.6 Å². The van der Waals surface area contributed by atoms with Gasteiger partial charge in [0, 0.05) is 24.2 Å². The van der Waals surface area contributed by atoms with Crippen LogP contribution in [0, 0.1) is 0 Å². The van der Waals surface area contributed by atoms with E-state index in [2.05, 4.69) is 40.1 Å². The number of nitrogens with one attached hydrogen (secondary N) is 1. The fourth-order valence-corrected chi connectivity index (χ4v) is 3.94. The molecule has 0 amide bonds. The zero-order valence-electron chi connectivity index (χ0n) is 16.0. The highest BCUT2D eigenvalue weighted by Gasteiger charge is 2.13. The number of aromatic nitrogens is 3. The fraction of sp³-hybridized carbons (Fsp3) is 0.350. The summed E-state index contributed by atoms with van der Waals surface area (Å²) in [5.74, 6) is 2.07. The number of hydrogen-bond donors (Lipinski definition) is 1. The number of thiazole rings is 1. The van der Waals surface area contributed by atoms with Crippen molar-refractivity contribution in [2.45, 2.75) is 32.6 Å². The second kappa shape index (κ2) is 10.0. The van der Waals surface area contributed by atoms with Gasteiger partial charge in [0.1, 0.15) is 22.3 Å². The topological polar surface area (TPSA) is 53.9 Å². The van der Waals surface area contributed by atoms with Gasteiger partial charge in [-0.3, -0.25) is 0 Å². The summed E-state index contributed by atoms with van der Waals surface area (Å²) in [6, 6.07) is 10.1. The number of anilines is 3. The van der Waals surface area contributed by atoms with Crippen molar-refractivity contribution in [1.29, 1.82) is 0 Å². The van der Waals surface area contributed by atoms with Gasteiger partial charge in [-0.15, -0.1) is 36.2 Å². The maximum atomic E-state index is 4.70. The average Bonchev–Trinajstić information content (AvgIpc) is 3.35. The summed E-state index contributed by atoms with van der Waals surface area (Å²) in [6.45, 7) is 6.62. The molecule has 0 saturated carbocycles. The van der Waals surface area contributed by atoms with Gasteiger partial charge >= 0.3 is 0 Å². The third-order valence-corrected chi connectivity index (χ3v) is 5.86. The molecule has 0 atom stereocenters. The molecule has 1 N–H and O–H groups in total. The molecule has 1 aliphatic rings. The van der Waals surface area contributed by atoms with Crippen LogP contribution >= 0.6 is 36.2 Å². The Kier molecular flexibility index (Phi) is 8.04. The molecule has 0 unspecified atom stereocenters. The predicted octanol–water partition coefficient (Wildman–Crippen LogP) is 5.91. The van der Waals surface area contributed by atoms with Gasteiger partial charge in [0.2, 0.25) is 0 Å². The zero-order chi connectivity index (χ0) is 17.9. The monoisotopic (exact) mass is 437 g/mol. The van der Waals surface area contributed by atoms with Crippen molar-refractivity contribution in [1.82, 2.24) is 15.0 Å². The summed E-state index contributed by atoms with van der Waals surface area (Å²) in [6.07, 6.45) is 6.43. The highest BCUT2D eigenvalue weighted by Crippen LogP contribution is 2.29. The number of pyridine rings is 2. The molecule has 8 heteroatoms. The van der Waals surface area contributed by atoms with E-state index in [1.54, 1.807) is 11.3 Å². The molecule has 4 rings (SSSR count). The summed E-state index contributed by atoms with van der Waals surface area (Å²) in [5, 5.41) is 4.25. The smallest absolute Gasteiger partial charge is 0.142 e. The van der Waals surface area contributed by atoms with E-state index in [0.29, 0.717) is 5.92 Å². The minimum Gasteiger partial charge on any atom is -0.370 e. The fourth-order valence-electron chi connectivity index (χ4n) is 3.05. The van der Waals surface area contributed by atoms with E-state index in [-0.39, 0.29) is 24.8 Å². The van der Waals surface area contributed by atoms with Crippen molar-refractivity contribution in [3.63, 3.8) is 0 Å². The Hall–Kier alpha value is -1.89. The van der Waals surface area contributed by atoms with E-state index in [4.69, 9.17) is 4.98 Å². The largest absolute Gasteiger partial charge is 0.370 e. The summed E-state index contributed by atoms with van der Waals surface area (Å²) in [7, 11) is 0. The second-order valence-corrected chi connectivity index (χ2v) is 7.91. The quantitative estimate of drug-likeness (QED) is 0.537. The van der Waals surface area contributed by atoms with Crippen LogP contribution in [0.1, 0.15) is 37.5 Å². The molecule has 3 aromatic heterocycles. The van der Waals surface area contributed by atoms with Crippen molar-refractivity contribution in [3.8, 4) is 10.7 Å². The van der Waals surface area contributed by atoms with Crippen LogP contribution in [0.15, 0.2) is 42.7 Å². The first-order chi connectivity index (χ1) is 12.7. The van der Waals surface area contributed by atoms with Crippen LogP contribution in [0.4, 0.5) is 17.3 Å². The number of halogens is 2. The van der Waals surface area contributed by atoms with E-state index < -0.39 is 0 Å². The molecule has 1 saturated heterocycles. The summed E-state index contributed by atoms with van der Waals surface area (Å²) in [5.41, 5.74) is 2.08. The lowest BCUT2D eigenvalue weighted by Gasteiger charge is -2.17. The summed E-state index contributed by atoms with van der Waals surface area (Å²) in [4.78, 5) is 17.4. The van der Waals surface area contributed by atoms with Gasteiger partial charge in [-0.05, 0) is 43.0 Å². The van der Waals surface area contributed by atoms with Gasteiger partial charge in [-0.25, -0.2) is 15.0 Å². The van der Waals surface area contributed by atoms with Crippen molar-refractivity contribution >= 4 is 53.5 Å². The van der Waals surface area contributed by atoms with E-state index in [1.807, 2.05) is 36.7 Å². The van der Waals surface area contributed by atoms with Crippen LogP contribution in [0.2, 0.25) is 0 Å². The van der Waals surface area contributed by atoms with Crippen LogP contribution in [0.25, 0.3) is 10.7 Å². The van der Waals surface area contributed by atoms with Gasteiger partial charge in [0.25, 0.3) is 0 Å². The van der Waals surface area contributed by atoms with Crippen molar-refractivity contribution < 1.29 is 0 Å². The average molecular weight is 438 g/mol. The standard InChI is InChI=1S/C20H23N5S.2ClH/c1-14(2)17-13-22-20(26-17)16-6-5-7-19(23-16)24-18-9-8-15(12-21-18)25-10-3-4-11-25;;/h5-9,12-14H,3-4,10-11H2,1-2H3,(H,21,23,24);2*1H. The Morgan fingerprint density at radius 3 is 2.39 bits per heavy atom. The molecule has 1 fully saturated rings. The van der Waals surface area contributed by atoms with Crippen LogP contribution in [-0.4, -0.2) is 28.0 Å². The Labute approximate surface area is 182 Å². The first-order valence-electron chi connectivity index (χ1n) is 9.10. The van der Waals surface area contributed by atoms with Gasteiger partial charge in [0.15, 0.2) is 0 Å². The minimum absolute atomic E-state index is 0. The van der Waals surface area contributed by atoms with E-state index in [0.717, 1.165) is 35.4 Å². The Morgan fingerprint density at radius 1 is 0.964 bits per heavy atom. The summed E-state index contributed by atoms with van der Waals surface area (Å²) >= 11 is 1.70. The molecular formula is C20H25Cl2N5S. The molecule has 1 aliphatic heterocycles. The van der Waals surface area contributed by atoms with Gasteiger partial charge in [-0.2, -0.15) is 0 Å². The molecule has 0 aliphatic carbocycles. The first kappa shape index (κ1) is 22.4. The molecule has 0 aromatic carbocycles. The maximum Gasteiger partial charge on any atom is 0.142 e. The van der Waals surface area contributed by atoms with Gasteiger partial charge < -0.3 is 10.2 Å². The van der Waals surface area contributed by atoms with E-state index in [9.17, 15) is 0 Å². The Balaban J connectivity index is 0.00000140. The summed E-state index contributed by atoms with van der Waals surface area (Å²) < 4.78 is 0. The molecule has 5 nitrogen and oxygen atoms in total. The zero-order valence-corrected chi connectivity index (χ0v) is 18.4. The number of nitrogens with zero attached hydrogens (tertiary/aromatic N) is 4. The van der Waals surface area contributed by atoms with E-state index in [1.165, 1.54) is 23.4 Å². The lowest BCUT2D eigenvalue weighted by atomic mass is 10.2.